The molecule has 0 saturated carbocycles. The van der Waals surface area contributed by atoms with Gasteiger partial charge >= 0.3 is 6.03 Å². The minimum atomic E-state index is -0.282. The van der Waals surface area contributed by atoms with Crippen LogP contribution in [0.4, 0.5) is 10.5 Å². The first kappa shape index (κ1) is 22.6. The monoisotopic (exact) mass is 424 g/mol. The summed E-state index contributed by atoms with van der Waals surface area (Å²) in [6, 6.07) is 15.1. The van der Waals surface area contributed by atoms with E-state index in [1.54, 1.807) is 31.4 Å². The van der Waals surface area contributed by atoms with Crippen molar-refractivity contribution in [2.24, 2.45) is 0 Å². The molecule has 166 valence electrons. The van der Waals surface area contributed by atoms with Crippen molar-refractivity contribution >= 4 is 17.6 Å². The van der Waals surface area contributed by atoms with Gasteiger partial charge in [0.15, 0.2) is 0 Å². The summed E-state index contributed by atoms with van der Waals surface area (Å²) in [5.41, 5.74) is 2.37. The first-order valence-electron chi connectivity index (χ1n) is 10.8. The molecule has 0 aromatic heterocycles. The van der Waals surface area contributed by atoms with Gasteiger partial charge in [0.1, 0.15) is 5.75 Å². The highest BCUT2D eigenvalue weighted by Crippen LogP contribution is 2.18. The molecule has 1 aliphatic rings. The molecule has 1 heterocycles. The van der Waals surface area contributed by atoms with Gasteiger partial charge in [0.2, 0.25) is 0 Å². The number of anilines is 1. The van der Waals surface area contributed by atoms with Gasteiger partial charge in [-0.1, -0.05) is 18.2 Å². The molecule has 1 fully saturated rings. The second-order valence-corrected chi connectivity index (χ2v) is 8.21. The summed E-state index contributed by atoms with van der Waals surface area (Å²) in [5.74, 6) is 0.761. The molecular formula is C24H32N4O3. The van der Waals surface area contributed by atoms with Crippen molar-refractivity contribution in [1.29, 1.82) is 0 Å². The van der Waals surface area contributed by atoms with Gasteiger partial charge in [-0.2, -0.15) is 0 Å². The van der Waals surface area contributed by atoms with Crippen LogP contribution in [-0.4, -0.2) is 49.1 Å². The fourth-order valence-electron chi connectivity index (χ4n) is 3.70. The van der Waals surface area contributed by atoms with E-state index < -0.39 is 0 Å². The Morgan fingerprint density at radius 2 is 1.84 bits per heavy atom. The number of rotatable bonds is 7. The normalized spacial score (nSPS) is 14.8. The van der Waals surface area contributed by atoms with Crippen LogP contribution in [0.25, 0.3) is 0 Å². The van der Waals surface area contributed by atoms with Crippen molar-refractivity contribution in [2.75, 3.05) is 25.5 Å². The van der Waals surface area contributed by atoms with Crippen molar-refractivity contribution in [3.8, 4) is 5.75 Å². The number of urea groups is 1. The highest BCUT2D eigenvalue weighted by atomic mass is 16.5. The number of piperidine rings is 1. The Bertz CT molecular complexity index is 892. The standard InChI is InChI=1S/C24H32N4O3/c1-17(2)25-24(30)27-21-8-5-7-19(15-21)23(29)26-20-10-12-28(13-11-20)16-18-6-4-9-22(14-18)31-3/h4-9,14-15,17,20H,10-13,16H2,1-3H3,(H,26,29)(H2,25,27,30). The number of carbonyl (C=O) groups excluding carboxylic acids is 2. The molecule has 31 heavy (non-hydrogen) atoms. The van der Waals surface area contributed by atoms with E-state index in [1.165, 1.54) is 5.56 Å². The van der Waals surface area contributed by atoms with Crippen molar-refractivity contribution in [3.63, 3.8) is 0 Å². The number of methoxy groups -OCH3 is 1. The second-order valence-electron chi connectivity index (χ2n) is 8.21. The van der Waals surface area contributed by atoms with E-state index in [0.717, 1.165) is 38.2 Å². The quantitative estimate of drug-likeness (QED) is 0.634. The van der Waals surface area contributed by atoms with Crippen molar-refractivity contribution in [3.05, 3.63) is 59.7 Å². The fourth-order valence-corrected chi connectivity index (χ4v) is 3.70. The average molecular weight is 425 g/mol. The molecule has 1 saturated heterocycles. The Labute approximate surface area is 184 Å². The van der Waals surface area contributed by atoms with Crippen LogP contribution in [0, 0.1) is 0 Å². The largest absolute Gasteiger partial charge is 0.497 e. The Hall–Kier alpha value is -3.06. The third-order valence-electron chi connectivity index (χ3n) is 5.27. The van der Waals surface area contributed by atoms with Crippen LogP contribution in [0.2, 0.25) is 0 Å². The first-order chi connectivity index (χ1) is 14.9. The van der Waals surface area contributed by atoms with Crippen LogP contribution in [0.3, 0.4) is 0 Å². The molecule has 3 rings (SSSR count). The summed E-state index contributed by atoms with van der Waals surface area (Å²) in [5, 5.41) is 8.67. The summed E-state index contributed by atoms with van der Waals surface area (Å²) in [6.07, 6.45) is 1.81. The minimum absolute atomic E-state index is 0.0428. The number of hydrogen-bond donors (Lipinski definition) is 3. The van der Waals surface area contributed by atoms with Gasteiger partial charge in [0, 0.05) is 43.0 Å². The zero-order valence-electron chi connectivity index (χ0n) is 18.5. The van der Waals surface area contributed by atoms with E-state index in [9.17, 15) is 9.59 Å². The fraction of sp³-hybridized carbons (Fsp3) is 0.417. The maximum Gasteiger partial charge on any atom is 0.319 e. The molecule has 3 N–H and O–H groups in total. The van der Waals surface area contributed by atoms with Crippen LogP contribution in [-0.2, 0) is 6.54 Å². The minimum Gasteiger partial charge on any atom is -0.497 e. The predicted molar refractivity (Wildman–Crippen MR) is 122 cm³/mol. The van der Waals surface area contributed by atoms with Gasteiger partial charge in [0.05, 0.1) is 7.11 Å². The van der Waals surface area contributed by atoms with E-state index in [2.05, 4.69) is 33.0 Å². The Balaban J connectivity index is 1.48. The average Bonchev–Trinajstić information content (AvgIpc) is 2.75. The molecule has 1 aliphatic heterocycles. The Morgan fingerprint density at radius 3 is 2.55 bits per heavy atom. The maximum absolute atomic E-state index is 12.7. The number of benzene rings is 2. The van der Waals surface area contributed by atoms with E-state index >= 15 is 0 Å². The van der Waals surface area contributed by atoms with Crippen LogP contribution in [0.1, 0.15) is 42.6 Å². The predicted octanol–water partition coefficient (Wildman–Crippen LogP) is 3.62. The molecule has 0 atom stereocenters. The number of amides is 3. The van der Waals surface area contributed by atoms with Gasteiger partial charge in [-0.15, -0.1) is 0 Å². The van der Waals surface area contributed by atoms with E-state index in [0.29, 0.717) is 11.3 Å². The molecule has 0 unspecified atom stereocenters. The summed E-state index contributed by atoms with van der Waals surface area (Å²) in [4.78, 5) is 27.0. The van der Waals surface area contributed by atoms with E-state index in [-0.39, 0.29) is 24.0 Å². The van der Waals surface area contributed by atoms with Crippen LogP contribution in [0.15, 0.2) is 48.5 Å². The van der Waals surface area contributed by atoms with E-state index in [1.807, 2.05) is 26.0 Å². The van der Waals surface area contributed by atoms with E-state index in [4.69, 9.17) is 4.74 Å². The van der Waals surface area contributed by atoms with Crippen molar-refractivity contribution in [1.82, 2.24) is 15.5 Å². The molecule has 7 nitrogen and oxygen atoms in total. The van der Waals surface area contributed by atoms with Crippen LogP contribution in [0.5, 0.6) is 5.75 Å². The third kappa shape index (κ3) is 7.00. The maximum atomic E-state index is 12.7. The first-order valence-corrected chi connectivity index (χ1v) is 10.8. The second kappa shape index (κ2) is 10.8. The summed E-state index contributed by atoms with van der Waals surface area (Å²) < 4.78 is 5.30. The zero-order chi connectivity index (χ0) is 22.2. The number of ether oxygens (including phenoxy) is 1. The third-order valence-corrected chi connectivity index (χ3v) is 5.27. The van der Waals surface area contributed by atoms with Gasteiger partial charge in [-0.05, 0) is 62.6 Å². The molecule has 2 aromatic rings. The van der Waals surface area contributed by atoms with Crippen molar-refractivity contribution < 1.29 is 14.3 Å². The number of carbonyl (C=O) groups is 2. The summed E-state index contributed by atoms with van der Waals surface area (Å²) >= 11 is 0. The molecule has 0 radical (unpaired) electrons. The zero-order valence-corrected chi connectivity index (χ0v) is 18.5. The highest BCUT2D eigenvalue weighted by Gasteiger charge is 2.21. The lowest BCUT2D eigenvalue weighted by molar-refractivity contribution is 0.0909. The molecule has 2 aromatic carbocycles. The van der Waals surface area contributed by atoms with Gasteiger partial charge in [0.25, 0.3) is 5.91 Å². The Morgan fingerprint density at radius 1 is 1.10 bits per heavy atom. The number of hydrogen-bond acceptors (Lipinski definition) is 4. The number of likely N-dealkylation sites (tertiary alicyclic amines) is 1. The summed E-state index contributed by atoms with van der Waals surface area (Å²) in [6.45, 7) is 6.53. The molecule has 0 spiro atoms. The summed E-state index contributed by atoms with van der Waals surface area (Å²) in [7, 11) is 1.68. The van der Waals surface area contributed by atoms with Gasteiger partial charge in [-0.3, -0.25) is 9.69 Å². The molecule has 7 heteroatoms. The lowest BCUT2D eigenvalue weighted by Crippen LogP contribution is -2.44. The smallest absolute Gasteiger partial charge is 0.319 e. The molecular weight excluding hydrogens is 392 g/mol. The van der Waals surface area contributed by atoms with Gasteiger partial charge < -0.3 is 20.7 Å². The molecule has 0 aliphatic carbocycles. The number of nitrogens with one attached hydrogen (secondary N) is 3. The molecule has 0 bridgehead atoms. The van der Waals surface area contributed by atoms with Crippen LogP contribution < -0.4 is 20.7 Å². The Kier molecular flexibility index (Phi) is 7.89. The molecule has 3 amide bonds. The van der Waals surface area contributed by atoms with Crippen LogP contribution >= 0.6 is 0 Å². The SMILES string of the molecule is COc1cccc(CN2CCC(NC(=O)c3cccc(NC(=O)NC(C)C)c3)CC2)c1. The lowest BCUT2D eigenvalue weighted by atomic mass is 10.0. The lowest BCUT2D eigenvalue weighted by Gasteiger charge is -2.32. The van der Waals surface area contributed by atoms with Crippen molar-refractivity contribution in [2.45, 2.75) is 45.3 Å². The highest BCUT2D eigenvalue weighted by molar-refractivity contribution is 5.97. The number of nitrogens with zero attached hydrogens (tertiary/aromatic N) is 1. The van der Waals surface area contributed by atoms with Gasteiger partial charge in [-0.25, -0.2) is 4.79 Å². The topological polar surface area (TPSA) is 82.7 Å².